The van der Waals surface area contributed by atoms with Crippen LogP contribution in [-0.4, -0.2) is 76.5 Å². The van der Waals surface area contributed by atoms with Crippen molar-refractivity contribution in [2.45, 2.75) is 17.9 Å². The Kier molecular flexibility index (Phi) is 8.35. The van der Waals surface area contributed by atoms with Crippen molar-refractivity contribution >= 4 is 21.4 Å². The maximum atomic E-state index is 14.0. The summed E-state index contributed by atoms with van der Waals surface area (Å²) in [6.07, 6.45) is 0.748. The molecule has 11 heteroatoms. The van der Waals surface area contributed by atoms with Crippen molar-refractivity contribution in [3.8, 4) is 0 Å². The molecular weight excluding hydrogens is 449 g/mol. The van der Waals surface area contributed by atoms with Gasteiger partial charge in [0.1, 0.15) is 11.5 Å². The van der Waals surface area contributed by atoms with Crippen molar-refractivity contribution in [3.05, 3.63) is 64.0 Å². The lowest BCUT2D eigenvalue weighted by atomic mass is 10.2. The summed E-state index contributed by atoms with van der Waals surface area (Å²) in [4.78, 5) is 17.0. The first-order valence-corrected chi connectivity index (χ1v) is 12.3. The van der Waals surface area contributed by atoms with Gasteiger partial charge in [-0.1, -0.05) is 18.2 Å². The average Bonchev–Trinajstić information content (AvgIpc) is 3.00. The molecule has 9 nitrogen and oxygen atoms in total. The van der Waals surface area contributed by atoms with Crippen LogP contribution >= 0.6 is 0 Å². The second-order valence-corrected chi connectivity index (χ2v) is 10.1. The van der Waals surface area contributed by atoms with Crippen LogP contribution in [0.1, 0.15) is 12.0 Å². The van der Waals surface area contributed by atoms with Gasteiger partial charge >= 0.3 is 0 Å². The fourth-order valence-corrected chi connectivity index (χ4v) is 4.85. The van der Waals surface area contributed by atoms with E-state index in [1.807, 2.05) is 23.9 Å². The number of nitro benzene ring substituents is 1. The molecular formula is C22H30FN5O4S. The molecule has 1 heterocycles. The van der Waals surface area contributed by atoms with Crippen molar-refractivity contribution in [3.63, 3.8) is 0 Å². The minimum absolute atomic E-state index is 0.132. The van der Waals surface area contributed by atoms with E-state index in [-0.39, 0.29) is 22.9 Å². The molecule has 2 aromatic carbocycles. The minimum atomic E-state index is -3.86. The molecule has 2 aromatic rings. The zero-order valence-corrected chi connectivity index (χ0v) is 19.7. The largest absolute Gasteiger partial charge is 0.365 e. The van der Waals surface area contributed by atoms with Crippen LogP contribution in [-0.2, 0) is 16.6 Å². The lowest BCUT2D eigenvalue weighted by Crippen LogP contribution is -2.32. The molecule has 0 unspecified atom stereocenters. The molecule has 33 heavy (non-hydrogen) atoms. The number of halogens is 1. The Balaban J connectivity index is 1.74. The number of nitro groups is 1. The monoisotopic (exact) mass is 479 g/mol. The third kappa shape index (κ3) is 6.70. The maximum absolute atomic E-state index is 14.0. The normalized spacial score (nSPS) is 15.6. The molecule has 0 atom stereocenters. The van der Waals surface area contributed by atoms with Crippen LogP contribution in [0.15, 0.2) is 47.4 Å². The highest BCUT2D eigenvalue weighted by Crippen LogP contribution is 2.31. The second-order valence-electron chi connectivity index (χ2n) is 8.32. The van der Waals surface area contributed by atoms with Crippen LogP contribution in [0.25, 0.3) is 0 Å². The molecule has 0 aromatic heterocycles. The topological polar surface area (TPSA) is 99.0 Å². The summed E-state index contributed by atoms with van der Waals surface area (Å²) >= 11 is 0. The first-order chi connectivity index (χ1) is 15.7. The van der Waals surface area contributed by atoms with Gasteiger partial charge in [0.15, 0.2) is 0 Å². The van der Waals surface area contributed by atoms with Crippen LogP contribution in [0.3, 0.4) is 0 Å². The van der Waals surface area contributed by atoms with Crippen LogP contribution in [0.4, 0.5) is 15.8 Å². The molecule has 180 valence electrons. The van der Waals surface area contributed by atoms with Crippen LogP contribution < -0.4 is 9.62 Å². The molecule has 1 saturated heterocycles. The summed E-state index contributed by atoms with van der Waals surface area (Å²) in [5.74, 6) is -0.245. The zero-order chi connectivity index (χ0) is 24.0. The standard InChI is InChI=1S/C22H30FN5O4S/c1-25(2)13-10-24-33(31,32)19-8-9-21(22(16-19)28(29)30)27-12-5-11-26(14-15-27)17-18-6-3-4-7-20(18)23/h3-4,6-9,16,24H,5,10-15,17H2,1-2H3. The van der Waals surface area contributed by atoms with Gasteiger partial charge in [0, 0.05) is 57.4 Å². The Labute approximate surface area is 194 Å². The maximum Gasteiger partial charge on any atom is 0.293 e. The van der Waals surface area contributed by atoms with Gasteiger partial charge < -0.3 is 9.80 Å². The third-order valence-electron chi connectivity index (χ3n) is 5.59. The van der Waals surface area contributed by atoms with Crippen LogP contribution in [0, 0.1) is 15.9 Å². The quantitative estimate of drug-likeness (QED) is 0.435. The van der Waals surface area contributed by atoms with Gasteiger partial charge in [0.05, 0.1) is 9.82 Å². The summed E-state index contributed by atoms with van der Waals surface area (Å²) in [6.45, 7) is 3.63. The Morgan fingerprint density at radius 3 is 2.58 bits per heavy atom. The zero-order valence-electron chi connectivity index (χ0n) is 18.9. The van der Waals surface area contributed by atoms with Crippen molar-refractivity contribution in [1.82, 2.24) is 14.5 Å². The van der Waals surface area contributed by atoms with Gasteiger partial charge in [0.25, 0.3) is 5.69 Å². The molecule has 0 spiro atoms. The SMILES string of the molecule is CN(C)CCNS(=O)(=O)c1ccc(N2CCCN(Cc3ccccc3F)CC2)c([N+](=O)[O-])c1. The fourth-order valence-electron chi connectivity index (χ4n) is 3.81. The van der Waals surface area contributed by atoms with E-state index in [2.05, 4.69) is 9.62 Å². The van der Waals surface area contributed by atoms with Gasteiger partial charge in [-0.3, -0.25) is 15.0 Å². The first-order valence-electron chi connectivity index (χ1n) is 10.8. The molecule has 0 bridgehead atoms. The highest BCUT2D eigenvalue weighted by Gasteiger charge is 2.26. The number of anilines is 1. The molecule has 0 saturated carbocycles. The number of rotatable bonds is 9. The molecule has 1 aliphatic rings. The van der Waals surface area contributed by atoms with E-state index in [0.29, 0.717) is 44.0 Å². The van der Waals surface area contributed by atoms with E-state index in [1.165, 1.54) is 18.2 Å². The summed E-state index contributed by atoms with van der Waals surface area (Å²) in [6, 6.07) is 10.7. The van der Waals surface area contributed by atoms with Crippen molar-refractivity contribution in [1.29, 1.82) is 0 Å². The molecule has 1 N–H and O–H groups in total. The van der Waals surface area contributed by atoms with E-state index in [0.717, 1.165) is 19.0 Å². The van der Waals surface area contributed by atoms with Crippen LogP contribution in [0.2, 0.25) is 0 Å². The van der Waals surface area contributed by atoms with E-state index in [4.69, 9.17) is 0 Å². The second kappa shape index (κ2) is 11.0. The van der Waals surface area contributed by atoms with Gasteiger partial charge in [-0.2, -0.15) is 0 Å². The molecule has 0 aliphatic carbocycles. The van der Waals surface area contributed by atoms with E-state index < -0.39 is 14.9 Å². The molecule has 1 aliphatic heterocycles. The summed E-state index contributed by atoms with van der Waals surface area (Å²) < 4.78 is 41.6. The fraction of sp³-hybridized carbons (Fsp3) is 0.455. The van der Waals surface area contributed by atoms with Gasteiger partial charge in [-0.25, -0.2) is 17.5 Å². The minimum Gasteiger partial charge on any atom is -0.365 e. The molecule has 1 fully saturated rings. The number of nitrogens with zero attached hydrogens (tertiary/aromatic N) is 4. The van der Waals surface area contributed by atoms with E-state index >= 15 is 0 Å². The molecule has 0 radical (unpaired) electrons. The number of hydrogen-bond donors (Lipinski definition) is 1. The predicted molar refractivity (Wildman–Crippen MR) is 125 cm³/mol. The number of sulfonamides is 1. The number of likely N-dealkylation sites (N-methyl/N-ethyl adjacent to an activating group) is 1. The average molecular weight is 480 g/mol. The van der Waals surface area contributed by atoms with E-state index in [1.54, 1.807) is 18.2 Å². The third-order valence-corrected chi connectivity index (χ3v) is 7.04. The Morgan fingerprint density at radius 1 is 1.12 bits per heavy atom. The van der Waals surface area contributed by atoms with Crippen molar-refractivity contribution in [2.75, 3.05) is 58.3 Å². The van der Waals surface area contributed by atoms with Crippen molar-refractivity contribution in [2.24, 2.45) is 0 Å². The number of hydrogen-bond acceptors (Lipinski definition) is 7. The lowest BCUT2D eigenvalue weighted by molar-refractivity contribution is -0.384. The van der Waals surface area contributed by atoms with E-state index in [9.17, 15) is 22.9 Å². The number of benzene rings is 2. The van der Waals surface area contributed by atoms with Gasteiger partial charge in [-0.15, -0.1) is 0 Å². The predicted octanol–water partition coefficient (Wildman–Crippen LogP) is 2.29. The smallest absolute Gasteiger partial charge is 0.293 e. The van der Waals surface area contributed by atoms with Crippen molar-refractivity contribution < 1.29 is 17.7 Å². The molecule has 0 amide bonds. The summed E-state index contributed by atoms with van der Waals surface area (Å²) in [7, 11) is -0.205. The highest BCUT2D eigenvalue weighted by molar-refractivity contribution is 7.89. The van der Waals surface area contributed by atoms with Crippen LogP contribution in [0.5, 0.6) is 0 Å². The summed E-state index contributed by atoms with van der Waals surface area (Å²) in [5.41, 5.74) is 0.765. The Morgan fingerprint density at radius 2 is 1.88 bits per heavy atom. The molecule has 3 rings (SSSR count). The highest BCUT2D eigenvalue weighted by atomic mass is 32.2. The Bertz CT molecular complexity index is 1080. The van der Waals surface area contributed by atoms with Gasteiger partial charge in [0.2, 0.25) is 10.0 Å². The van der Waals surface area contributed by atoms with Gasteiger partial charge in [-0.05, 0) is 38.7 Å². The first kappa shape index (κ1) is 25.0. The summed E-state index contributed by atoms with van der Waals surface area (Å²) in [5, 5.41) is 11.8. The number of nitrogens with one attached hydrogen (secondary N) is 1. The lowest BCUT2D eigenvalue weighted by Gasteiger charge is -2.24. The Hall–Kier alpha value is -2.60.